The Bertz CT molecular complexity index is 1410. The third kappa shape index (κ3) is 3.68. The lowest BCUT2D eigenvalue weighted by Crippen LogP contribution is -2.10. The summed E-state index contributed by atoms with van der Waals surface area (Å²) < 4.78 is 16.6. The minimum atomic E-state index is -0.341. The highest BCUT2D eigenvalue weighted by molar-refractivity contribution is 5.92. The Morgan fingerprint density at radius 1 is 1.06 bits per heavy atom. The smallest absolute Gasteiger partial charge is 0.165 e. The predicted octanol–water partition coefficient (Wildman–Crippen LogP) is 6.23. The largest absolute Gasteiger partial charge is 0.385 e. The zero-order valence-corrected chi connectivity index (χ0v) is 18.1. The molecule has 0 aliphatic rings. The normalized spacial score (nSPS) is 12.3. The van der Waals surface area contributed by atoms with Crippen molar-refractivity contribution in [2.24, 2.45) is 5.92 Å². The second kappa shape index (κ2) is 8.38. The molecule has 0 saturated heterocycles. The van der Waals surface area contributed by atoms with Gasteiger partial charge in [-0.1, -0.05) is 32.4 Å². The monoisotopic (exact) mass is 425 g/mol. The lowest BCUT2D eigenvalue weighted by molar-refractivity contribution is 0.593. The Kier molecular flexibility index (Phi) is 5.27. The molecule has 2 aromatic carbocycles. The summed E-state index contributed by atoms with van der Waals surface area (Å²) in [6.07, 6.45) is 6.67. The van der Waals surface area contributed by atoms with Gasteiger partial charge in [0, 0.05) is 41.6 Å². The van der Waals surface area contributed by atoms with Crippen molar-refractivity contribution in [2.45, 2.75) is 20.3 Å². The van der Waals surface area contributed by atoms with E-state index < -0.39 is 0 Å². The van der Waals surface area contributed by atoms with Gasteiger partial charge in [0.1, 0.15) is 11.6 Å². The molecule has 5 rings (SSSR count). The molecule has 0 radical (unpaired) electrons. The minimum absolute atomic E-state index is 0.341. The molecule has 5 nitrogen and oxygen atoms in total. The molecule has 0 aliphatic carbocycles. The highest BCUT2D eigenvalue weighted by atomic mass is 19.1. The van der Waals surface area contributed by atoms with Crippen LogP contribution >= 0.6 is 0 Å². The van der Waals surface area contributed by atoms with E-state index in [-0.39, 0.29) is 5.82 Å². The SMILES string of the molecule is CCC(C)CNc1ccc2nc(-c3ccccc3F)nc(-n3ccc4cnccc43)c2c1. The summed E-state index contributed by atoms with van der Waals surface area (Å²) in [4.78, 5) is 13.8. The van der Waals surface area contributed by atoms with Crippen molar-refractivity contribution in [1.82, 2.24) is 19.5 Å². The van der Waals surface area contributed by atoms with Gasteiger partial charge in [-0.2, -0.15) is 0 Å². The fraction of sp³-hybridized carbons (Fsp3) is 0.192. The summed E-state index contributed by atoms with van der Waals surface area (Å²) in [5.41, 5.74) is 3.14. The van der Waals surface area contributed by atoms with Gasteiger partial charge in [-0.3, -0.25) is 4.98 Å². The van der Waals surface area contributed by atoms with Crippen LogP contribution in [0.4, 0.5) is 10.1 Å². The molecule has 3 aromatic heterocycles. The average molecular weight is 426 g/mol. The van der Waals surface area contributed by atoms with Gasteiger partial charge in [0.05, 0.1) is 16.6 Å². The third-order valence-corrected chi connectivity index (χ3v) is 5.86. The van der Waals surface area contributed by atoms with E-state index in [0.29, 0.717) is 23.1 Å². The second-order valence-corrected chi connectivity index (χ2v) is 8.10. The van der Waals surface area contributed by atoms with Gasteiger partial charge in [-0.25, -0.2) is 14.4 Å². The minimum Gasteiger partial charge on any atom is -0.385 e. The fourth-order valence-corrected chi connectivity index (χ4v) is 3.77. The van der Waals surface area contributed by atoms with Crippen LogP contribution in [0.3, 0.4) is 0 Å². The number of aromatic nitrogens is 4. The van der Waals surface area contributed by atoms with E-state index in [4.69, 9.17) is 9.97 Å². The zero-order chi connectivity index (χ0) is 22.1. The summed E-state index contributed by atoms with van der Waals surface area (Å²) in [6.45, 7) is 5.31. The van der Waals surface area contributed by atoms with Crippen molar-refractivity contribution >= 4 is 27.5 Å². The van der Waals surface area contributed by atoms with E-state index in [9.17, 15) is 4.39 Å². The maximum absolute atomic E-state index is 14.6. The number of fused-ring (bicyclic) bond motifs is 2. The highest BCUT2D eigenvalue weighted by Gasteiger charge is 2.16. The van der Waals surface area contributed by atoms with Gasteiger partial charge < -0.3 is 9.88 Å². The van der Waals surface area contributed by atoms with Crippen molar-refractivity contribution < 1.29 is 4.39 Å². The number of hydrogen-bond acceptors (Lipinski definition) is 4. The molecule has 1 N–H and O–H groups in total. The van der Waals surface area contributed by atoms with Crippen LogP contribution in [-0.2, 0) is 0 Å². The Labute approximate surface area is 186 Å². The van der Waals surface area contributed by atoms with E-state index in [1.807, 2.05) is 41.2 Å². The van der Waals surface area contributed by atoms with Crippen LogP contribution in [0.25, 0.3) is 39.0 Å². The topological polar surface area (TPSA) is 55.6 Å². The van der Waals surface area contributed by atoms with Gasteiger partial charge in [0.2, 0.25) is 0 Å². The molecule has 32 heavy (non-hydrogen) atoms. The van der Waals surface area contributed by atoms with Gasteiger partial charge in [0.25, 0.3) is 0 Å². The maximum atomic E-state index is 14.6. The lowest BCUT2D eigenvalue weighted by atomic mass is 10.1. The molecule has 0 bridgehead atoms. The Morgan fingerprint density at radius 2 is 1.94 bits per heavy atom. The van der Waals surface area contributed by atoms with Crippen LogP contribution in [0.2, 0.25) is 0 Å². The quantitative estimate of drug-likeness (QED) is 0.350. The van der Waals surface area contributed by atoms with E-state index in [0.717, 1.165) is 40.5 Å². The first-order chi connectivity index (χ1) is 15.6. The van der Waals surface area contributed by atoms with Crippen molar-refractivity contribution in [3.63, 3.8) is 0 Å². The van der Waals surface area contributed by atoms with Crippen LogP contribution in [-0.4, -0.2) is 26.1 Å². The first kappa shape index (κ1) is 20.1. The molecular formula is C26H24FN5. The molecule has 0 aliphatic heterocycles. The van der Waals surface area contributed by atoms with Crippen LogP contribution in [0.15, 0.2) is 73.2 Å². The van der Waals surface area contributed by atoms with Gasteiger partial charge >= 0.3 is 0 Å². The van der Waals surface area contributed by atoms with Gasteiger partial charge in [0.15, 0.2) is 5.82 Å². The third-order valence-electron chi connectivity index (χ3n) is 5.86. The summed E-state index contributed by atoms with van der Waals surface area (Å²) in [5.74, 6) is 1.31. The number of rotatable bonds is 6. The maximum Gasteiger partial charge on any atom is 0.165 e. The number of hydrogen-bond donors (Lipinski definition) is 1. The lowest BCUT2D eigenvalue weighted by Gasteiger charge is -2.15. The number of nitrogens with zero attached hydrogens (tertiary/aromatic N) is 4. The number of pyridine rings is 1. The zero-order valence-electron chi connectivity index (χ0n) is 18.1. The summed E-state index contributed by atoms with van der Waals surface area (Å²) in [6, 6.07) is 16.6. The van der Waals surface area contributed by atoms with Crippen LogP contribution in [0.5, 0.6) is 0 Å². The number of nitrogens with one attached hydrogen (secondary N) is 1. The molecule has 3 heterocycles. The molecule has 0 saturated carbocycles. The number of halogens is 1. The molecule has 160 valence electrons. The van der Waals surface area contributed by atoms with Crippen molar-refractivity contribution in [3.8, 4) is 17.2 Å². The predicted molar refractivity (Wildman–Crippen MR) is 128 cm³/mol. The number of benzene rings is 2. The molecule has 1 atom stereocenters. The van der Waals surface area contributed by atoms with Gasteiger partial charge in [-0.15, -0.1) is 0 Å². The van der Waals surface area contributed by atoms with E-state index >= 15 is 0 Å². The Balaban J connectivity index is 1.72. The molecule has 0 spiro atoms. The second-order valence-electron chi connectivity index (χ2n) is 8.10. The molecule has 6 heteroatoms. The first-order valence-electron chi connectivity index (χ1n) is 10.9. The average Bonchev–Trinajstić information content (AvgIpc) is 3.26. The first-order valence-corrected chi connectivity index (χ1v) is 10.9. The Hall–Kier alpha value is -3.80. The molecule has 5 aromatic rings. The number of anilines is 1. The van der Waals surface area contributed by atoms with Crippen LogP contribution < -0.4 is 5.32 Å². The van der Waals surface area contributed by atoms with Gasteiger partial charge in [-0.05, 0) is 48.4 Å². The summed E-state index contributed by atoms with van der Waals surface area (Å²) >= 11 is 0. The van der Waals surface area contributed by atoms with Crippen molar-refractivity contribution in [1.29, 1.82) is 0 Å². The van der Waals surface area contributed by atoms with E-state index in [2.05, 4.69) is 30.2 Å². The molecule has 1 unspecified atom stereocenters. The van der Waals surface area contributed by atoms with E-state index in [1.54, 1.807) is 24.4 Å². The highest BCUT2D eigenvalue weighted by Crippen LogP contribution is 2.30. The summed E-state index contributed by atoms with van der Waals surface area (Å²) in [7, 11) is 0. The van der Waals surface area contributed by atoms with E-state index in [1.165, 1.54) is 6.07 Å². The van der Waals surface area contributed by atoms with Crippen LogP contribution in [0, 0.1) is 11.7 Å². The Morgan fingerprint density at radius 3 is 2.78 bits per heavy atom. The molecule has 0 fully saturated rings. The fourth-order valence-electron chi connectivity index (χ4n) is 3.77. The van der Waals surface area contributed by atoms with Crippen LogP contribution in [0.1, 0.15) is 20.3 Å². The molecular weight excluding hydrogens is 401 g/mol. The van der Waals surface area contributed by atoms with Crippen molar-refractivity contribution in [2.75, 3.05) is 11.9 Å². The molecule has 0 amide bonds. The standard InChI is InChI=1S/C26H24FN5/c1-3-17(2)15-29-19-8-9-23-21(14-19)26(32-13-11-18-16-28-12-10-24(18)32)31-25(30-23)20-6-4-5-7-22(20)27/h4-14,16-17,29H,3,15H2,1-2H3. The van der Waals surface area contributed by atoms with Crippen molar-refractivity contribution in [3.05, 3.63) is 79.0 Å². The summed E-state index contributed by atoms with van der Waals surface area (Å²) in [5, 5.41) is 5.43.